The molecule has 0 saturated carbocycles. The Kier molecular flexibility index (Phi) is 3.51. The van der Waals surface area contributed by atoms with E-state index in [0.29, 0.717) is 18.7 Å². The summed E-state index contributed by atoms with van der Waals surface area (Å²) in [5.74, 6) is 0.0928. The number of sulfonamides is 1. The zero-order chi connectivity index (χ0) is 15.1. The Morgan fingerprint density at radius 3 is 2.70 bits per heavy atom. The first-order valence-electron chi connectivity index (χ1n) is 6.13. The van der Waals surface area contributed by atoms with Gasteiger partial charge in [0, 0.05) is 7.05 Å². The topological polar surface area (TPSA) is 109 Å². The molecule has 0 spiro atoms. The highest BCUT2D eigenvalue weighted by Crippen LogP contribution is 2.27. The molecule has 0 fully saturated rings. The van der Waals surface area contributed by atoms with Crippen molar-refractivity contribution in [3.05, 3.63) is 11.3 Å². The predicted molar refractivity (Wildman–Crippen MR) is 71.6 cm³/mol. The Morgan fingerprint density at radius 1 is 1.50 bits per heavy atom. The zero-order valence-electron chi connectivity index (χ0n) is 11.9. The second-order valence-electron chi connectivity index (χ2n) is 5.01. The third-order valence-corrected chi connectivity index (χ3v) is 4.27. The summed E-state index contributed by atoms with van der Waals surface area (Å²) in [4.78, 5) is 5.17. The highest BCUT2D eigenvalue weighted by Gasteiger charge is 2.36. The van der Waals surface area contributed by atoms with Crippen LogP contribution in [0.3, 0.4) is 0 Å². The van der Waals surface area contributed by atoms with E-state index >= 15 is 0 Å². The standard InChI is InChI=1S/C11H18N4O4S/c1-5-11(3)6-18-14-9(19-11)8-7(2)13-15(4)10(8)20(12,16)17/h5-6H2,1-4H3,(H2,12,16,17). The van der Waals surface area contributed by atoms with Crippen LogP contribution in [0.1, 0.15) is 31.5 Å². The molecule has 0 radical (unpaired) electrons. The number of hydrogen-bond acceptors (Lipinski definition) is 6. The monoisotopic (exact) mass is 302 g/mol. The van der Waals surface area contributed by atoms with Crippen LogP contribution in [0.4, 0.5) is 0 Å². The second kappa shape index (κ2) is 4.74. The van der Waals surface area contributed by atoms with Crippen molar-refractivity contribution in [2.75, 3.05) is 6.61 Å². The predicted octanol–water partition coefficient (Wildman–Crippen LogP) is 0.253. The quantitative estimate of drug-likeness (QED) is 0.861. The van der Waals surface area contributed by atoms with Crippen LogP contribution in [0.5, 0.6) is 0 Å². The van der Waals surface area contributed by atoms with Crippen LogP contribution in [-0.4, -0.2) is 36.3 Å². The summed E-state index contributed by atoms with van der Waals surface area (Å²) in [7, 11) is -2.45. The van der Waals surface area contributed by atoms with Gasteiger partial charge in [-0.05, 0) is 25.4 Å². The number of nitrogens with zero attached hydrogens (tertiary/aromatic N) is 3. The average molecular weight is 302 g/mol. The first kappa shape index (κ1) is 14.8. The van der Waals surface area contributed by atoms with Crippen LogP contribution in [0, 0.1) is 6.92 Å². The van der Waals surface area contributed by atoms with Gasteiger partial charge in [0.15, 0.2) is 11.6 Å². The molecule has 2 heterocycles. The van der Waals surface area contributed by atoms with Gasteiger partial charge < -0.3 is 9.57 Å². The maximum atomic E-state index is 11.7. The number of primary sulfonamides is 1. The van der Waals surface area contributed by atoms with Crippen LogP contribution in [-0.2, 0) is 26.6 Å². The van der Waals surface area contributed by atoms with Crippen molar-refractivity contribution in [2.45, 2.75) is 37.8 Å². The Balaban J connectivity index is 2.57. The van der Waals surface area contributed by atoms with E-state index in [2.05, 4.69) is 10.3 Å². The molecule has 20 heavy (non-hydrogen) atoms. The van der Waals surface area contributed by atoms with Crippen molar-refractivity contribution in [3.63, 3.8) is 0 Å². The average Bonchev–Trinajstić information content (AvgIpc) is 2.64. The Labute approximate surface area is 117 Å². The highest BCUT2D eigenvalue weighted by molar-refractivity contribution is 7.89. The van der Waals surface area contributed by atoms with Gasteiger partial charge in [-0.25, -0.2) is 13.6 Å². The van der Waals surface area contributed by atoms with E-state index in [-0.39, 0.29) is 16.5 Å². The molecule has 2 N–H and O–H groups in total. The summed E-state index contributed by atoms with van der Waals surface area (Å²) in [5.41, 5.74) is 0.142. The van der Waals surface area contributed by atoms with Gasteiger partial charge in [-0.2, -0.15) is 5.10 Å². The van der Waals surface area contributed by atoms with Gasteiger partial charge in [0.05, 0.1) is 5.69 Å². The summed E-state index contributed by atoms with van der Waals surface area (Å²) in [6, 6.07) is 0. The number of ether oxygens (including phenoxy) is 1. The van der Waals surface area contributed by atoms with E-state index < -0.39 is 15.6 Å². The molecule has 0 aromatic carbocycles. The molecule has 1 aliphatic rings. The lowest BCUT2D eigenvalue weighted by molar-refractivity contribution is -0.0563. The van der Waals surface area contributed by atoms with Crippen molar-refractivity contribution in [2.24, 2.45) is 17.3 Å². The molecule has 1 aromatic heterocycles. The van der Waals surface area contributed by atoms with Gasteiger partial charge in [0.25, 0.3) is 15.9 Å². The van der Waals surface area contributed by atoms with Crippen molar-refractivity contribution in [1.29, 1.82) is 0 Å². The summed E-state index contributed by atoms with van der Waals surface area (Å²) < 4.78 is 30.4. The van der Waals surface area contributed by atoms with Gasteiger partial charge in [-0.3, -0.25) is 4.68 Å². The number of nitrogens with two attached hydrogens (primary N) is 1. The highest BCUT2D eigenvalue weighted by atomic mass is 32.2. The fourth-order valence-electron chi connectivity index (χ4n) is 1.99. The fraction of sp³-hybridized carbons (Fsp3) is 0.636. The normalized spacial score (nSPS) is 22.9. The molecule has 0 bridgehead atoms. The Bertz CT molecular complexity index is 664. The Morgan fingerprint density at radius 2 is 2.15 bits per heavy atom. The zero-order valence-corrected chi connectivity index (χ0v) is 12.7. The van der Waals surface area contributed by atoms with Gasteiger partial charge in [-0.1, -0.05) is 6.92 Å². The summed E-state index contributed by atoms with van der Waals surface area (Å²) >= 11 is 0. The molecule has 1 aliphatic heterocycles. The van der Waals surface area contributed by atoms with Crippen LogP contribution in [0.2, 0.25) is 0 Å². The molecular weight excluding hydrogens is 284 g/mol. The summed E-state index contributed by atoms with van der Waals surface area (Å²) in [5, 5.41) is 13.0. The minimum absolute atomic E-state index is 0.0928. The van der Waals surface area contributed by atoms with E-state index in [0.717, 1.165) is 0 Å². The van der Waals surface area contributed by atoms with E-state index in [9.17, 15) is 8.42 Å². The molecule has 1 unspecified atom stereocenters. The fourth-order valence-corrected chi connectivity index (χ4v) is 2.92. The molecule has 0 aliphatic carbocycles. The molecule has 8 nitrogen and oxygen atoms in total. The van der Waals surface area contributed by atoms with Crippen LogP contribution < -0.4 is 5.14 Å². The van der Waals surface area contributed by atoms with Crippen molar-refractivity contribution in [3.8, 4) is 0 Å². The van der Waals surface area contributed by atoms with Crippen molar-refractivity contribution in [1.82, 2.24) is 9.78 Å². The first-order valence-corrected chi connectivity index (χ1v) is 7.68. The lowest BCUT2D eigenvalue weighted by atomic mass is 10.0. The molecule has 2 rings (SSSR count). The van der Waals surface area contributed by atoms with Crippen molar-refractivity contribution >= 4 is 15.9 Å². The van der Waals surface area contributed by atoms with Gasteiger partial charge >= 0.3 is 0 Å². The smallest absolute Gasteiger partial charge is 0.263 e. The maximum absolute atomic E-state index is 11.7. The lowest BCUT2D eigenvalue weighted by Gasteiger charge is -2.31. The summed E-state index contributed by atoms with van der Waals surface area (Å²) in [6.45, 7) is 5.78. The van der Waals surface area contributed by atoms with E-state index in [1.807, 2.05) is 13.8 Å². The first-order chi connectivity index (χ1) is 9.18. The second-order valence-corrected chi connectivity index (χ2v) is 6.49. The van der Waals surface area contributed by atoms with Crippen molar-refractivity contribution < 1.29 is 18.0 Å². The molecule has 112 valence electrons. The number of aromatic nitrogens is 2. The van der Waals surface area contributed by atoms with E-state index in [1.165, 1.54) is 11.7 Å². The molecule has 0 amide bonds. The minimum Gasteiger partial charge on any atom is -0.465 e. The molecule has 1 aromatic rings. The molecule has 0 saturated heterocycles. The SMILES string of the molecule is CCC1(C)CON=C(c2c(C)nn(C)c2S(N)(=O)=O)O1. The minimum atomic E-state index is -3.95. The summed E-state index contributed by atoms with van der Waals surface area (Å²) in [6.07, 6.45) is 0.691. The number of rotatable bonds is 3. The number of aryl methyl sites for hydroxylation is 2. The van der Waals surface area contributed by atoms with E-state index in [4.69, 9.17) is 14.7 Å². The molecule has 9 heteroatoms. The maximum Gasteiger partial charge on any atom is 0.263 e. The number of hydrogen-bond donors (Lipinski definition) is 1. The van der Waals surface area contributed by atoms with Crippen LogP contribution >= 0.6 is 0 Å². The number of oxime groups is 1. The molecular formula is C11H18N4O4S. The van der Waals surface area contributed by atoms with E-state index in [1.54, 1.807) is 6.92 Å². The van der Waals surface area contributed by atoms with Gasteiger partial charge in [0.1, 0.15) is 11.2 Å². The van der Waals surface area contributed by atoms with Gasteiger partial charge in [-0.15, -0.1) is 0 Å². The Hall–Kier alpha value is -1.61. The largest absolute Gasteiger partial charge is 0.465 e. The molecule has 1 atom stereocenters. The van der Waals surface area contributed by atoms with Crippen LogP contribution in [0.25, 0.3) is 0 Å². The third-order valence-electron chi connectivity index (χ3n) is 3.26. The third kappa shape index (κ3) is 2.50. The van der Waals surface area contributed by atoms with Crippen LogP contribution in [0.15, 0.2) is 10.2 Å². The lowest BCUT2D eigenvalue weighted by Crippen LogP contribution is -2.40. The van der Waals surface area contributed by atoms with Gasteiger partial charge in [0.2, 0.25) is 0 Å².